The Morgan fingerprint density at radius 2 is 1.48 bits per heavy atom. The van der Waals surface area contributed by atoms with Crippen LogP contribution in [0.5, 0.6) is 0 Å². The Hall–Kier alpha value is -1.68. The van der Waals surface area contributed by atoms with Crippen LogP contribution in [0, 0.1) is 11.8 Å². The zero-order valence-corrected chi connectivity index (χ0v) is 13.6. The topological polar surface area (TPSA) is 63.6 Å². The maximum absolute atomic E-state index is 11.6. The van der Waals surface area contributed by atoms with Crippen LogP contribution in [0.25, 0.3) is 0 Å². The number of hydrogen-bond acceptors (Lipinski definition) is 4. The molecule has 4 nitrogen and oxygen atoms in total. The molecule has 21 heavy (non-hydrogen) atoms. The zero-order chi connectivity index (χ0) is 16.4. The number of aliphatic hydroxyl groups excluding tert-OH is 1. The number of benzene rings is 1. The first-order valence-electron chi connectivity index (χ1n) is 7.16. The molecule has 1 rings (SSSR count). The molecule has 0 saturated heterocycles. The summed E-state index contributed by atoms with van der Waals surface area (Å²) in [6, 6.07) is 6.30. The van der Waals surface area contributed by atoms with Gasteiger partial charge in [0.2, 0.25) is 0 Å². The molecule has 0 aliphatic rings. The third-order valence-electron chi connectivity index (χ3n) is 2.34. The highest BCUT2D eigenvalue weighted by Gasteiger charge is 2.09. The molecule has 0 amide bonds. The van der Waals surface area contributed by atoms with Crippen molar-refractivity contribution in [2.75, 3.05) is 13.2 Å². The van der Waals surface area contributed by atoms with Gasteiger partial charge in [-0.1, -0.05) is 39.8 Å². The van der Waals surface area contributed by atoms with Crippen LogP contribution in [0.15, 0.2) is 24.3 Å². The van der Waals surface area contributed by atoms with Crippen LogP contribution in [0.3, 0.4) is 0 Å². The molecule has 0 spiro atoms. The Labute approximate surface area is 127 Å². The molecule has 1 N–H and O–H groups in total. The lowest BCUT2D eigenvalue weighted by Crippen LogP contribution is -2.14. The fourth-order valence-corrected chi connectivity index (χ4v) is 1.20. The molecule has 0 radical (unpaired) electrons. The van der Waals surface area contributed by atoms with Gasteiger partial charge >= 0.3 is 5.97 Å². The summed E-state index contributed by atoms with van der Waals surface area (Å²) in [4.78, 5) is 22.6. The van der Waals surface area contributed by atoms with Crippen molar-refractivity contribution in [3.63, 3.8) is 0 Å². The standard InChI is InChI=1S/C13H16O4.C4H10/c1-9(7-14)8-17-13(16)12-5-3-11(4-6-12)10(2)15;1-4(2)3/h3-6,9,14H,7-8H2,1-2H3;4H,1-3H3. The Morgan fingerprint density at radius 3 is 1.86 bits per heavy atom. The van der Waals surface area contributed by atoms with Gasteiger partial charge in [0.05, 0.1) is 12.2 Å². The molecule has 1 atom stereocenters. The Morgan fingerprint density at radius 1 is 1.05 bits per heavy atom. The molecule has 0 heterocycles. The Bertz CT molecular complexity index is 432. The van der Waals surface area contributed by atoms with E-state index in [-0.39, 0.29) is 24.9 Å². The maximum Gasteiger partial charge on any atom is 0.338 e. The van der Waals surface area contributed by atoms with Crippen LogP contribution >= 0.6 is 0 Å². The van der Waals surface area contributed by atoms with Gasteiger partial charge in [-0.2, -0.15) is 0 Å². The third-order valence-corrected chi connectivity index (χ3v) is 2.34. The second kappa shape index (κ2) is 10.1. The van der Waals surface area contributed by atoms with E-state index in [1.54, 1.807) is 31.2 Å². The first kappa shape index (κ1) is 19.3. The number of carbonyl (C=O) groups excluding carboxylic acids is 2. The molecule has 1 unspecified atom stereocenters. The van der Waals surface area contributed by atoms with Crippen LogP contribution < -0.4 is 0 Å². The minimum Gasteiger partial charge on any atom is -0.462 e. The highest BCUT2D eigenvalue weighted by atomic mass is 16.5. The molecular formula is C17H26O4. The number of ether oxygens (including phenoxy) is 1. The van der Waals surface area contributed by atoms with Gasteiger partial charge in [-0.3, -0.25) is 4.79 Å². The van der Waals surface area contributed by atoms with Gasteiger partial charge in [-0.05, 0) is 25.0 Å². The van der Waals surface area contributed by atoms with Crippen molar-refractivity contribution in [3.8, 4) is 0 Å². The first-order valence-corrected chi connectivity index (χ1v) is 7.16. The number of Topliss-reactive ketones (excluding diaryl/α,β-unsaturated/α-hetero) is 1. The molecule has 4 heteroatoms. The quantitative estimate of drug-likeness (QED) is 0.668. The third kappa shape index (κ3) is 8.97. The molecule has 0 aliphatic heterocycles. The van der Waals surface area contributed by atoms with Gasteiger partial charge < -0.3 is 9.84 Å². The summed E-state index contributed by atoms with van der Waals surface area (Å²) in [5.41, 5.74) is 0.963. The van der Waals surface area contributed by atoms with Crippen molar-refractivity contribution >= 4 is 11.8 Å². The second-order valence-electron chi connectivity index (χ2n) is 5.75. The minimum atomic E-state index is -0.444. The number of rotatable bonds is 5. The monoisotopic (exact) mass is 294 g/mol. The minimum absolute atomic E-state index is 0.0173. The van der Waals surface area contributed by atoms with Crippen molar-refractivity contribution in [2.45, 2.75) is 34.6 Å². The lowest BCUT2D eigenvalue weighted by atomic mass is 10.1. The molecule has 1 aromatic carbocycles. The maximum atomic E-state index is 11.6. The van der Waals surface area contributed by atoms with Crippen LogP contribution in [0.2, 0.25) is 0 Å². The van der Waals surface area contributed by atoms with E-state index in [0.717, 1.165) is 5.92 Å². The van der Waals surface area contributed by atoms with Gasteiger partial charge in [0.15, 0.2) is 5.78 Å². The summed E-state index contributed by atoms with van der Waals surface area (Å²) in [7, 11) is 0. The molecule has 0 saturated carbocycles. The fraction of sp³-hybridized carbons (Fsp3) is 0.529. The van der Waals surface area contributed by atoms with Crippen molar-refractivity contribution in [3.05, 3.63) is 35.4 Å². The summed E-state index contributed by atoms with van der Waals surface area (Å²) in [5, 5.41) is 8.79. The Balaban J connectivity index is 0.000000885. The van der Waals surface area contributed by atoms with Crippen LogP contribution in [0.1, 0.15) is 55.3 Å². The number of esters is 1. The predicted molar refractivity (Wildman–Crippen MR) is 83.5 cm³/mol. The van der Waals surface area contributed by atoms with E-state index >= 15 is 0 Å². The summed E-state index contributed by atoms with van der Waals surface area (Å²) in [5.74, 6) is 0.273. The molecule has 0 aromatic heterocycles. The highest BCUT2D eigenvalue weighted by molar-refractivity contribution is 5.96. The largest absolute Gasteiger partial charge is 0.462 e. The summed E-state index contributed by atoms with van der Waals surface area (Å²) < 4.78 is 5.00. The summed E-state index contributed by atoms with van der Waals surface area (Å²) in [6.45, 7) is 9.92. The van der Waals surface area contributed by atoms with Gasteiger partial charge in [0.25, 0.3) is 0 Å². The van der Waals surface area contributed by atoms with Crippen LogP contribution in [-0.2, 0) is 4.74 Å². The highest BCUT2D eigenvalue weighted by Crippen LogP contribution is 2.07. The Kier molecular flexibility index (Phi) is 9.30. The molecule has 0 fully saturated rings. The van der Waals surface area contributed by atoms with Crippen molar-refractivity contribution in [1.29, 1.82) is 0 Å². The van der Waals surface area contributed by atoms with Crippen LogP contribution in [-0.4, -0.2) is 30.1 Å². The number of aliphatic hydroxyl groups is 1. The fourth-order valence-electron chi connectivity index (χ4n) is 1.20. The summed E-state index contributed by atoms with van der Waals surface area (Å²) >= 11 is 0. The van der Waals surface area contributed by atoms with E-state index < -0.39 is 5.97 Å². The second-order valence-corrected chi connectivity index (χ2v) is 5.75. The van der Waals surface area contributed by atoms with E-state index in [1.165, 1.54) is 6.92 Å². The lowest BCUT2D eigenvalue weighted by molar-refractivity contribution is 0.0405. The van der Waals surface area contributed by atoms with E-state index in [1.807, 2.05) is 0 Å². The van der Waals surface area contributed by atoms with Gasteiger partial charge in [0.1, 0.15) is 0 Å². The van der Waals surface area contributed by atoms with Gasteiger partial charge in [-0.15, -0.1) is 0 Å². The van der Waals surface area contributed by atoms with E-state index in [9.17, 15) is 9.59 Å². The van der Waals surface area contributed by atoms with Crippen LogP contribution in [0.4, 0.5) is 0 Å². The number of ketones is 1. The lowest BCUT2D eigenvalue weighted by Gasteiger charge is -2.09. The first-order chi connectivity index (χ1) is 9.77. The molecule has 0 aliphatic carbocycles. The molecule has 0 bridgehead atoms. The zero-order valence-electron chi connectivity index (χ0n) is 13.6. The molecular weight excluding hydrogens is 268 g/mol. The number of carbonyl (C=O) groups is 2. The number of hydrogen-bond donors (Lipinski definition) is 1. The molecule has 1 aromatic rings. The van der Waals surface area contributed by atoms with E-state index in [4.69, 9.17) is 9.84 Å². The predicted octanol–water partition coefficient (Wildman–Crippen LogP) is 3.34. The van der Waals surface area contributed by atoms with E-state index in [0.29, 0.717) is 11.1 Å². The SMILES string of the molecule is CC(=O)c1ccc(C(=O)OCC(C)CO)cc1.CC(C)C. The van der Waals surface area contributed by atoms with Crippen molar-refractivity contribution in [2.24, 2.45) is 11.8 Å². The average molecular weight is 294 g/mol. The van der Waals surface area contributed by atoms with E-state index in [2.05, 4.69) is 20.8 Å². The average Bonchev–Trinajstić information content (AvgIpc) is 2.43. The van der Waals surface area contributed by atoms with Gasteiger partial charge in [0, 0.05) is 18.1 Å². The molecule has 118 valence electrons. The summed E-state index contributed by atoms with van der Waals surface area (Å²) in [6.07, 6.45) is 0. The van der Waals surface area contributed by atoms with Crippen molar-refractivity contribution < 1.29 is 19.4 Å². The van der Waals surface area contributed by atoms with Gasteiger partial charge in [-0.25, -0.2) is 4.79 Å². The normalized spacial score (nSPS) is 11.4. The van der Waals surface area contributed by atoms with Crippen molar-refractivity contribution in [1.82, 2.24) is 0 Å². The smallest absolute Gasteiger partial charge is 0.338 e.